The molecular formula is C14H16FN. The molecule has 0 spiro atoms. The van der Waals surface area contributed by atoms with Gasteiger partial charge in [-0.3, -0.25) is 4.99 Å². The maximum atomic E-state index is 13.2. The van der Waals surface area contributed by atoms with E-state index in [9.17, 15) is 4.39 Å². The highest BCUT2D eigenvalue weighted by Crippen LogP contribution is 2.32. The Morgan fingerprint density at radius 3 is 2.75 bits per heavy atom. The van der Waals surface area contributed by atoms with Crippen LogP contribution in [0.25, 0.3) is 0 Å². The summed E-state index contributed by atoms with van der Waals surface area (Å²) in [4.78, 5) is 4.62. The Morgan fingerprint density at radius 1 is 1.12 bits per heavy atom. The number of fused-ring (bicyclic) bond motifs is 1. The Kier molecular flexibility index (Phi) is 2.50. The molecule has 1 saturated carbocycles. The lowest BCUT2D eigenvalue weighted by molar-refractivity contribution is 0.440. The summed E-state index contributed by atoms with van der Waals surface area (Å²) in [7, 11) is 0. The number of hydrogen-bond donors (Lipinski definition) is 0. The van der Waals surface area contributed by atoms with E-state index in [0.29, 0.717) is 5.92 Å². The van der Waals surface area contributed by atoms with Gasteiger partial charge in [0, 0.05) is 17.2 Å². The number of rotatable bonds is 1. The Morgan fingerprint density at radius 2 is 1.94 bits per heavy atom. The molecule has 0 bridgehead atoms. The van der Waals surface area contributed by atoms with E-state index in [1.807, 2.05) is 6.07 Å². The topological polar surface area (TPSA) is 12.4 Å². The number of hydrogen-bond acceptors (Lipinski definition) is 1. The van der Waals surface area contributed by atoms with Gasteiger partial charge >= 0.3 is 0 Å². The van der Waals surface area contributed by atoms with Gasteiger partial charge in [0.15, 0.2) is 0 Å². The fourth-order valence-electron chi connectivity index (χ4n) is 2.91. The first-order chi connectivity index (χ1) is 7.84. The lowest BCUT2D eigenvalue weighted by atomic mass is 9.83. The molecule has 1 aromatic rings. The van der Waals surface area contributed by atoms with Crippen molar-refractivity contribution in [2.24, 2.45) is 10.9 Å². The van der Waals surface area contributed by atoms with Gasteiger partial charge in [-0.25, -0.2) is 4.39 Å². The van der Waals surface area contributed by atoms with Crippen LogP contribution < -0.4 is 0 Å². The Bertz CT molecular complexity index is 430. The molecule has 84 valence electrons. The van der Waals surface area contributed by atoms with Gasteiger partial charge in [-0.1, -0.05) is 25.3 Å². The summed E-state index contributed by atoms with van der Waals surface area (Å²) in [6.07, 6.45) is 6.41. The van der Waals surface area contributed by atoms with E-state index in [1.54, 1.807) is 6.07 Å². The van der Waals surface area contributed by atoms with Gasteiger partial charge in [0.1, 0.15) is 5.82 Å². The van der Waals surface area contributed by atoms with Crippen LogP contribution in [0.3, 0.4) is 0 Å². The first kappa shape index (κ1) is 10.0. The van der Waals surface area contributed by atoms with Crippen LogP contribution in [0, 0.1) is 11.7 Å². The van der Waals surface area contributed by atoms with Crippen molar-refractivity contribution in [2.45, 2.75) is 38.6 Å². The van der Waals surface area contributed by atoms with Crippen molar-refractivity contribution in [3.63, 3.8) is 0 Å². The molecule has 16 heavy (non-hydrogen) atoms. The van der Waals surface area contributed by atoms with E-state index in [4.69, 9.17) is 0 Å². The van der Waals surface area contributed by atoms with Gasteiger partial charge in [0.05, 0.1) is 6.54 Å². The average molecular weight is 217 g/mol. The lowest BCUT2D eigenvalue weighted by Crippen LogP contribution is -2.17. The van der Waals surface area contributed by atoms with Crippen LogP contribution in [0.15, 0.2) is 23.2 Å². The third-order valence-corrected chi connectivity index (χ3v) is 3.76. The SMILES string of the molecule is Fc1ccc2c(c1)C(C1CCCCC1)=NC2. The molecule has 0 unspecified atom stereocenters. The fraction of sp³-hybridized carbons (Fsp3) is 0.500. The number of benzene rings is 1. The lowest BCUT2D eigenvalue weighted by Gasteiger charge is -2.22. The zero-order valence-electron chi connectivity index (χ0n) is 9.38. The van der Waals surface area contributed by atoms with Crippen LogP contribution in [-0.4, -0.2) is 5.71 Å². The fourth-order valence-corrected chi connectivity index (χ4v) is 2.91. The van der Waals surface area contributed by atoms with E-state index in [1.165, 1.54) is 49.4 Å². The van der Waals surface area contributed by atoms with Crippen LogP contribution >= 0.6 is 0 Å². The van der Waals surface area contributed by atoms with Crippen molar-refractivity contribution in [1.29, 1.82) is 0 Å². The van der Waals surface area contributed by atoms with Crippen LogP contribution in [-0.2, 0) is 6.54 Å². The molecule has 2 aliphatic rings. The predicted octanol–water partition coefficient (Wildman–Crippen LogP) is 3.71. The highest BCUT2D eigenvalue weighted by atomic mass is 19.1. The molecule has 0 atom stereocenters. The molecule has 1 aliphatic carbocycles. The zero-order valence-corrected chi connectivity index (χ0v) is 9.38. The maximum absolute atomic E-state index is 13.2. The second-order valence-corrected chi connectivity index (χ2v) is 4.84. The first-order valence-electron chi connectivity index (χ1n) is 6.18. The van der Waals surface area contributed by atoms with E-state index >= 15 is 0 Å². The van der Waals surface area contributed by atoms with Crippen molar-refractivity contribution in [3.05, 3.63) is 35.1 Å². The van der Waals surface area contributed by atoms with Crippen LogP contribution in [0.5, 0.6) is 0 Å². The maximum Gasteiger partial charge on any atom is 0.123 e. The van der Waals surface area contributed by atoms with Gasteiger partial charge in [0.25, 0.3) is 0 Å². The molecule has 1 nitrogen and oxygen atoms in total. The molecule has 0 saturated heterocycles. The van der Waals surface area contributed by atoms with Crippen LogP contribution in [0.1, 0.15) is 43.2 Å². The summed E-state index contributed by atoms with van der Waals surface area (Å²) >= 11 is 0. The quantitative estimate of drug-likeness (QED) is 0.680. The Balaban J connectivity index is 1.91. The smallest absolute Gasteiger partial charge is 0.123 e. The van der Waals surface area contributed by atoms with Crippen molar-refractivity contribution < 1.29 is 4.39 Å². The zero-order chi connectivity index (χ0) is 11.0. The minimum Gasteiger partial charge on any atom is -0.284 e. The molecule has 0 radical (unpaired) electrons. The molecule has 0 aromatic heterocycles. The van der Waals surface area contributed by atoms with E-state index in [-0.39, 0.29) is 5.82 Å². The molecule has 1 heterocycles. The minimum absolute atomic E-state index is 0.135. The third kappa shape index (κ3) is 1.66. The highest BCUT2D eigenvalue weighted by molar-refractivity contribution is 6.05. The molecule has 0 N–H and O–H groups in total. The second kappa shape index (κ2) is 4.00. The number of aliphatic imine (C=N–C) groups is 1. The van der Waals surface area contributed by atoms with Crippen molar-refractivity contribution in [2.75, 3.05) is 0 Å². The summed E-state index contributed by atoms with van der Waals surface area (Å²) in [6, 6.07) is 5.08. The van der Waals surface area contributed by atoms with Gasteiger partial charge in [-0.05, 0) is 30.5 Å². The summed E-state index contributed by atoms with van der Waals surface area (Å²) in [5, 5.41) is 0. The van der Waals surface area contributed by atoms with E-state index < -0.39 is 0 Å². The largest absolute Gasteiger partial charge is 0.284 e. The highest BCUT2D eigenvalue weighted by Gasteiger charge is 2.25. The molecule has 1 aromatic carbocycles. The number of nitrogens with zero attached hydrogens (tertiary/aromatic N) is 1. The third-order valence-electron chi connectivity index (χ3n) is 3.76. The van der Waals surface area contributed by atoms with Gasteiger partial charge in [0.2, 0.25) is 0 Å². The van der Waals surface area contributed by atoms with Crippen LogP contribution in [0.4, 0.5) is 4.39 Å². The van der Waals surface area contributed by atoms with Crippen molar-refractivity contribution in [3.8, 4) is 0 Å². The molecular weight excluding hydrogens is 201 g/mol. The summed E-state index contributed by atoms with van der Waals surface area (Å²) in [6.45, 7) is 0.751. The molecule has 1 aliphatic heterocycles. The summed E-state index contributed by atoms with van der Waals surface area (Å²) in [5.41, 5.74) is 3.45. The van der Waals surface area contributed by atoms with E-state index in [2.05, 4.69) is 4.99 Å². The standard InChI is InChI=1S/C14H16FN/c15-12-7-6-11-9-16-14(13(11)8-12)10-4-2-1-3-5-10/h6-8,10H,1-5,9H2. The van der Waals surface area contributed by atoms with Crippen molar-refractivity contribution in [1.82, 2.24) is 0 Å². The second-order valence-electron chi connectivity index (χ2n) is 4.84. The normalized spacial score (nSPS) is 20.7. The Labute approximate surface area is 95.4 Å². The first-order valence-corrected chi connectivity index (χ1v) is 6.18. The van der Waals surface area contributed by atoms with Gasteiger partial charge < -0.3 is 0 Å². The van der Waals surface area contributed by atoms with Gasteiger partial charge in [-0.2, -0.15) is 0 Å². The number of halogens is 1. The predicted molar refractivity (Wildman–Crippen MR) is 63.2 cm³/mol. The summed E-state index contributed by atoms with van der Waals surface area (Å²) < 4.78 is 13.2. The van der Waals surface area contributed by atoms with Crippen molar-refractivity contribution >= 4 is 5.71 Å². The molecule has 1 fully saturated rings. The molecule has 2 heteroatoms. The van der Waals surface area contributed by atoms with Gasteiger partial charge in [-0.15, -0.1) is 0 Å². The molecule has 0 amide bonds. The Hall–Kier alpha value is -1.18. The van der Waals surface area contributed by atoms with Crippen LogP contribution in [0.2, 0.25) is 0 Å². The van der Waals surface area contributed by atoms with E-state index in [0.717, 1.165) is 12.1 Å². The minimum atomic E-state index is -0.135. The monoisotopic (exact) mass is 217 g/mol. The summed E-state index contributed by atoms with van der Waals surface area (Å²) in [5.74, 6) is 0.445. The average Bonchev–Trinajstić information content (AvgIpc) is 2.73. The molecule has 3 rings (SSSR count).